The highest BCUT2D eigenvalue weighted by molar-refractivity contribution is 4.96. The number of halogens is 1. The van der Waals surface area contributed by atoms with Crippen LogP contribution in [0.1, 0.15) is 13.8 Å². The van der Waals surface area contributed by atoms with Crippen molar-refractivity contribution in [3.8, 4) is 0 Å². The summed E-state index contributed by atoms with van der Waals surface area (Å²) in [6, 6.07) is 0.139. The molecule has 0 aliphatic rings. The van der Waals surface area contributed by atoms with Crippen molar-refractivity contribution in [3.05, 3.63) is 12.3 Å². The summed E-state index contributed by atoms with van der Waals surface area (Å²) in [4.78, 5) is 0. The van der Waals surface area contributed by atoms with Crippen LogP contribution in [0.4, 0.5) is 4.39 Å². The second-order valence-corrected chi connectivity index (χ2v) is 2.46. The Kier molecular flexibility index (Phi) is 4.03. The Bertz CT molecular complexity index is 112. The lowest BCUT2D eigenvalue weighted by Gasteiger charge is -2.14. The molecule has 0 aliphatic heterocycles. The van der Waals surface area contributed by atoms with Gasteiger partial charge < -0.3 is 5.32 Å². The molecule has 10 heavy (non-hydrogen) atoms. The fourth-order valence-corrected chi connectivity index (χ4v) is 0.520. The van der Waals surface area contributed by atoms with E-state index in [1.54, 1.807) is 7.05 Å². The number of likely N-dealkylation sites (N-methyl/N-ethyl adjacent to an activating group) is 1. The molecule has 0 saturated heterocycles. The molecule has 3 heteroatoms. The van der Waals surface area contributed by atoms with Crippen LogP contribution in [0, 0.1) is 0 Å². The zero-order valence-corrected chi connectivity index (χ0v) is 6.74. The molecule has 0 amide bonds. The van der Waals surface area contributed by atoms with Gasteiger partial charge in [-0.3, -0.25) is 5.32 Å². The minimum atomic E-state index is -1.15. The summed E-state index contributed by atoms with van der Waals surface area (Å²) in [6.45, 7) is 7.25. The molecule has 2 nitrogen and oxygen atoms in total. The highest BCUT2D eigenvalue weighted by atomic mass is 19.1. The standard InChI is InChI=1S/C7H15FN2/c1-5(2)10-7(8)6(3)9-4/h5,7,9-10H,3H2,1-2,4H3. The maximum Gasteiger partial charge on any atom is 0.190 e. The fourth-order valence-electron chi connectivity index (χ4n) is 0.520. The summed E-state index contributed by atoms with van der Waals surface area (Å²) in [6.07, 6.45) is -1.15. The quantitative estimate of drug-likeness (QED) is 0.578. The van der Waals surface area contributed by atoms with Gasteiger partial charge in [0.25, 0.3) is 0 Å². The van der Waals surface area contributed by atoms with Gasteiger partial charge in [-0.25, -0.2) is 4.39 Å². The largest absolute Gasteiger partial charge is 0.388 e. The lowest BCUT2D eigenvalue weighted by atomic mass is 10.3. The van der Waals surface area contributed by atoms with E-state index in [0.29, 0.717) is 5.70 Å². The van der Waals surface area contributed by atoms with Crippen LogP contribution in [0.25, 0.3) is 0 Å². The van der Waals surface area contributed by atoms with Crippen molar-refractivity contribution in [3.63, 3.8) is 0 Å². The zero-order valence-electron chi connectivity index (χ0n) is 6.74. The molecule has 0 aromatic rings. The molecule has 0 aliphatic carbocycles. The van der Waals surface area contributed by atoms with E-state index in [1.807, 2.05) is 13.8 Å². The van der Waals surface area contributed by atoms with Crippen LogP contribution >= 0.6 is 0 Å². The van der Waals surface area contributed by atoms with E-state index in [1.165, 1.54) is 0 Å². The van der Waals surface area contributed by atoms with Gasteiger partial charge in [0.1, 0.15) is 0 Å². The summed E-state index contributed by atoms with van der Waals surface area (Å²) >= 11 is 0. The third-order valence-electron chi connectivity index (χ3n) is 1.11. The van der Waals surface area contributed by atoms with Gasteiger partial charge in [0.05, 0.1) is 5.70 Å². The predicted octanol–water partition coefficient (Wildman–Crippen LogP) is 1.01. The number of alkyl halides is 1. The summed E-state index contributed by atoms with van der Waals surface area (Å²) < 4.78 is 12.8. The Morgan fingerprint density at radius 2 is 2.00 bits per heavy atom. The SMILES string of the molecule is C=C(NC)C(F)NC(C)C. The molecule has 0 aromatic carbocycles. The molecule has 0 rings (SSSR count). The summed E-state index contributed by atoms with van der Waals surface area (Å²) in [7, 11) is 1.65. The van der Waals surface area contributed by atoms with E-state index in [2.05, 4.69) is 17.2 Å². The Balaban J connectivity index is 3.61. The van der Waals surface area contributed by atoms with Gasteiger partial charge in [0.15, 0.2) is 6.30 Å². The average Bonchev–Trinajstić information content (AvgIpc) is 1.85. The minimum absolute atomic E-state index is 0.139. The van der Waals surface area contributed by atoms with E-state index < -0.39 is 6.30 Å². The van der Waals surface area contributed by atoms with Crippen molar-refractivity contribution < 1.29 is 4.39 Å². The van der Waals surface area contributed by atoms with Crippen LogP contribution < -0.4 is 10.6 Å². The van der Waals surface area contributed by atoms with E-state index >= 15 is 0 Å². The number of nitrogens with one attached hydrogen (secondary N) is 2. The predicted molar refractivity (Wildman–Crippen MR) is 41.4 cm³/mol. The second-order valence-electron chi connectivity index (χ2n) is 2.46. The number of hydrogen-bond donors (Lipinski definition) is 2. The monoisotopic (exact) mass is 146 g/mol. The third-order valence-corrected chi connectivity index (χ3v) is 1.11. The van der Waals surface area contributed by atoms with Crippen molar-refractivity contribution in [2.24, 2.45) is 0 Å². The topological polar surface area (TPSA) is 24.1 Å². The first-order valence-electron chi connectivity index (χ1n) is 3.34. The van der Waals surface area contributed by atoms with Crippen LogP contribution in [0.3, 0.4) is 0 Å². The molecule has 0 aromatic heterocycles. The van der Waals surface area contributed by atoms with Gasteiger partial charge in [-0.05, 0) is 13.8 Å². The molecule has 0 radical (unpaired) electrons. The normalized spacial score (nSPS) is 13.3. The molecule has 0 bridgehead atoms. The highest BCUT2D eigenvalue weighted by Gasteiger charge is 2.08. The van der Waals surface area contributed by atoms with Gasteiger partial charge in [-0.2, -0.15) is 0 Å². The van der Waals surface area contributed by atoms with E-state index in [0.717, 1.165) is 0 Å². The zero-order chi connectivity index (χ0) is 8.15. The van der Waals surface area contributed by atoms with E-state index in [-0.39, 0.29) is 6.04 Å². The first-order valence-corrected chi connectivity index (χ1v) is 3.34. The maximum absolute atomic E-state index is 12.8. The third kappa shape index (κ3) is 3.45. The van der Waals surface area contributed by atoms with Crippen molar-refractivity contribution >= 4 is 0 Å². The number of hydrogen-bond acceptors (Lipinski definition) is 2. The van der Waals surface area contributed by atoms with Gasteiger partial charge >= 0.3 is 0 Å². The van der Waals surface area contributed by atoms with E-state index in [9.17, 15) is 4.39 Å². The van der Waals surface area contributed by atoms with Crippen molar-refractivity contribution in [2.45, 2.75) is 26.2 Å². The molecule has 60 valence electrons. The molecular formula is C7H15FN2. The van der Waals surface area contributed by atoms with Crippen molar-refractivity contribution in [1.82, 2.24) is 10.6 Å². The van der Waals surface area contributed by atoms with Crippen LogP contribution in [-0.4, -0.2) is 19.4 Å². The highest BCUT2D eigenvalue weighted by Crippen LogP contribution is 1.96. The summed E-state index contributed by atoms with van der Waals surface area (Å²) in [5.74, 6) is 0. The lowest BCUT2D eigenvalue weighted by Crippen LogP contribution is -2.35. The summed E-state index contributed by atoms with van der Waals surface area (Å²) in [5, 5.41) is 5.30. The van der Waals surface area contributed by atoms with Crippen LogP contribution in [0.15, 0.2) is 12.3 Å². The van der Waals surface area contributed by atoms with Gasteiger partial charge in [-0.1, -0.05) is 6.58 Å². The van der Waals surface area contributed by atoms with Gasteiger partial charge in [-0.15, -0.1) is 0 Å². The smallest absolute Gasteiger partial charge is 0.190 e. The first kappa shape index (κ1) is 9.43. The van der Waals surface area contributed by atoms with E-state index in [4.69, 9.17) is 0 Å². The van der Waals surface area contributed by atoms with Crippen molar-refractivity contribution in [2.75, 3.05) is 7.05 Å². The van der Waals surface area contributed by atoms with Crippen molar-refractivity contribution in [1.29, 1.82) is 0 Å². The average molecular weight is 146 g/mol. The Labute approximate surface area is 61.5 Å². The number of rotatable bonds is 4. The maximum atomic E-state index is 12.8. The molecule has 0 fully saturated rings. The molecule has 0 saturated carbocycles. The Morgan fingerprint density at radius 3 is 2.30 bits per heavy atom. The first-order chi connectivity index (χ1) is 4.57. The minimum Gasteiger partial charge on any atom is -0.388 e. The lowest BCUT2D eigenvalue weighted by molar-refractivity contribution is 0.288. The molecule has 1 atom stereocenters. The molecule has 0 heterocycles. The Hall–Kier alpha value is -0.570. The molecule has 1 unspecified atom stereocenters. The molecule has 2 N–H and O–H groups in total. The van der Waals surface area contributed by atoms with Crippen LogP contribution in [0.2, 0.25) is 0 Å². The summed E-state index contributed by atoms with van der Waals surface area (Å²) in [5.41, 5.74) is 0.369. The van der Waals surface area contributed by atoms with Crippen LogP contribution in [-0.2, 0) is 0 Å². The molecular weight excluding hydrogens is 131 g/mol. The van der Waals surface area contributed by atoms with Gasteiger partial charge in [0, 0.05) is 13.1 Å². The van der Waals surface area contributed by atoms with Crippen LogP contribution in [0.5, 0.6) is 0 Å². The second kappa shape index (κ2) is 4.28. The van der Waals surface area contributed by atoms with Gasteiger partial charge in [0.2, 0.25) is 0 Å². The fraction of sp³-hybridized carbons (Fsp3) is 0.714. The Morgan fingerprint density at radius 1 is 1.50 bits per heavy atom. The molecule has 0 spiro atoms.